The van der Waals surface area contributed by atoms with E-state index in [1.54, 1.807) is 0 Å². The zero-order valence-electron chi connectivity index (χ0n) is 11.0. The summed E-state index contributed by atoms with van der Waals surface area (Å²) >= 11 is 7.00. The summed E-state index contributed by atoms with van der Waals surface area (Å²) < 4.78 is 2.07. The summed E-state index contributed by atoms with van der Waals surface area (Å²) in [5.41, 5.74) is 9.91. The van der Waals surface area contributed by atoms with Gasteiger partial charge in [0.05, 0.1) is 6.04 Å². The summed E-state index contributed by atoms with van der Waals surface area (Å²) in [5.74, 6) is 0.547. The third-order valence-corrected chi connectivity index (χ3v) is 4.12. The molecule has 2 aromatic rings. The van der Waals surface area contributed by atoms with Gasteiger partial charge in [0, 0.05) is 8.95 Å². The van der Waals surface area contributed by atoms with E-state index < -0.39 is 0 Å². The number of hydrogen-bond donors (Lipinski definition) is 1. The molecule has 0 saturated heterocycles. The molecular formula is C16H17Br2N. The smallest absolute Gasteiger partial charge is 0.0552 e. The number of halogens is 2. The average molecular weight is 383 g/mol. The molecular weight excluding hydrogens is 366 g/mol. The molecule has 0 spiro atoms. The third kappa shape index (κ3) is 3.68. The largest absolute Gasteiger partial charge is 0.320 e. The van der Waals surface area contributed by atoms with Crippen molar-refractivity contribution in [3.8, 4) is 0 Å². The lowest BCUT2D eigenvalue weighted by molar-refractivity contribution is 0.847. The van der Waals surface area contributed by atoms with Crippen molar-refractivity contribution >= 4 is 31.9 Å². The van der Waals surface area contributed by atoms with Gasteiger partial charge in [0.25, 0.3) is 0 Å². The van der Waals surface area contributed by atoms with E-state index in [9.17, 15) is 0 Å². The van der Waals surface area contributed by atoms with Crippen molar-refractivity contribution in [2.45, 2.75) is 25.8 Å². The van der Waals surface area contributed by atoms with Gasteiger partial charge in [-0.2, -0.15) is 0 Å². The first-order chi connectivity index (χ1) is 8.97. The van der Waals surface area contributed by atoms with Crippen LogP contribution in [0.3, 0.4) is 0 Å². The SMILES string of the molecule is CC(C)c1ccc(C(N)c2cc(Br)cc(Br)c2)cc1. The molecule has 0 amide bonds. The second-order valence-corrected chi connectivity index (χ2v) is 6.83. The molecule has 2 aromatic carbocycles. The maximum atomic E-state index is 6.34. The van der Waals surface area contributed by atoms with E-state index >= 15 is 0 Å². The molecule has 100 valence electrons. The van der Waals surface area contributed by atoms with Gasteiger partial charge in [0.2, 0.25) is 0 Å². The molecule has 1 nitrogen and oxygen atoms in total. The Morgan fingerprint density at radius 1 is 0.789 bits per heavy atom. The van der Waals surface area contributed by atoms with Gasteiger partial charge in [-0.1, -0.05) is 70.0 Å². The van der Waals surface area contributed by atoms with Crippen molar-refractivity contribution < 1.29 is 0 Å². The van der Waals surface area contributed by atoms with Gasteiger partial charge < -0.3 is 5.73 Å². The fraction of sp³-hybridized carbons (Fsp3) is 0.250. The maximum Gasteiger partial charge on any atom is 0.0552 e. The predicted molar refractivity (Wildman–Crippen MR) is 88.4 cm³/mol. The molecule has 0 heterocycles. The Hall–Kier alpha value is -0.640. The highest BCUT2D eigenvalue weighted by Gasteiger charge is 2.10. The molecule has 0 radical (unpaired) electrons. The summed E-state index contributed by atoms with van der Waals surface area (Å²) in [6.45, 7) is 4.39. The van der Waals surface area contributed by atoms with E-state index in [4.69, 9.17) is 5.73 Å². The number of hydrogen-bond acceptors (Lipinski definition) is 1. The van der Waals surface area contributed by atoms with Crippen LogP contribution in [0.2, 0.25) is 0 Å². The standard InChI is InChI=1S/C16H17Br2N/c1-10(2)11-3-5-12(6-4-11)16(19)13-7-14(17)9-15(18)8-13/h3-10,16H,19H2,1-2H3. The van der Waals surface area contributed by atoms with Crippen LogP contribution in [0.4, 0.5) is 0 Å². The number of rotatable bonds is 3. The van der Waals surface area contributed by atoms with Gasteiger partial charge in [0.1, 0.15) is 0 Å². The van der Waals surface area contributed by atoms with Crippen LogP contribution in [0, 0.1) is 0 Å². The Kier molecular flexibility index (Phi) is 4.82. The summed E-state index contributed by atoms with van der Waals surface area (Å²) in [6.07, 6.45) is 0. The first-order valence-corrected chi connectivity index (χ1v) is 7.87. The predicted octanol–water partition coefficient (Wildman–Crippen LogP) is 5.38. The fourth-order valence-electron chi connectivity index (χ4n) is 2.04. The van der Waals surface area contributed by atoms with Crippen LogP contribution in [-0.4, -0.2) is 0 Å². The zero-order chi connectivity index (χ0) is 14.0. The molecule has 3 heteroatoms. The molecule has 2 N–H and O–H groups in total. The Bertz CT molecular complexity index is 541. The van der Waals surface area contributed by atoms with Crippen molar-refractivity contribution in [1.82, 2.24) is 0 Å². The van der Waals surface area contributed by atoms with E-state index in [-0.39, 0.29) is 6.04 Å². The minimum atomic E-state index is -0.102. The third-order valence-electron chi connectivity index (χ3n) is 3.21. The number of benzene rings is 2. The van der Waals surface area contributed by atoms with Crippen LogP contribution in [0.1, 0.15) is 42.5 Å². The van der Waals surface area contributed by atoms with Crippen LogP contribution in [0.5, 0.6) is 0 Å². The van der Waals surface area contributed by atoms with E-state index in [0.717, 1.165) is 20.1 Å². The van der Waals surface area contributed by atoms with Gasteiger partial charge in [-0.3, -0.25) is 0 Å². The van der Waals surface area contributed by atoms with E-state index in [1.165, 1.54) is 5.56 Å². The van der Waals surface area contributed by atoms with Gasteiger partial charge in [-0.05, 0) is 40.8 Å². The topological polar surface area (TPSA) is 26.0 Å². The molecule has 0 aliphatic heterocycles. The van der Waals surface area contributed by atoms with Crippen LogP contribution < -0.4 is 5.73 Å². The Labute approximate surface area is 131 Å². The lowest BCUT2D eigenvalue weighted by atomic mass is 9.96. The Morgan fingerprint density at radius 3 is 1.74 bits per heavy atom. The lowest BCUT2D eigenvalue weighted by Crippen LogP contribution is -2.12. The molecule has 2 rings (SSSR count). The minimum absolute atomic E-state index is 0.102. The Balaban J connectivity index is 2.30. The van der Waals surface area contributed by atoms with Crippen LogP contribution >= 0.6 is 31.9 Å². The average Bonchev–Trinajstić information content (AvgIpc) is 2.37. The summed E-state index contributed by atoms with van der Waals surface area (Å²) in [7, 11) is 0. The fourth-order valence-corrected chi connectivity index (χ4v) is 3.36. The molecule has 1 atom stereocenters. The van der Waals surface area contributed by atoms with Gasteiger partial charge in [0.15, 0.2) is 0 Å². The molecule has 1 unspecified atom stereocenters. The Morgan fingerprint density at radius 2 is 1.26 bits per heavy atom. The van der Waals surface area contributed by atoms with Gasteiger partial charge >= 0.3 is 0 Å². The minimum Gasteiger partial charge on any atom is -0.320 e. The first-order valence-electron chi connectivity index (χ1n) is 6.29. The highest BCUT2D eigenvalue weighted by Crippen LogP contribution is 2.27. The van der Waals surface area contributed by atoms with Gasteiger partial charge in [-0.15, -0.1) is 0 Å². The molecule has 0 saturated carbocycles. The molecule has 0 bridgehead atoms. The van der Waals surface area contributed by atoms with Crippen molar-refractivity contribution in [2.75, 3.05) is 0 Å². The van der Waals surface area contributed by atoms with E-state index in [1.807, 2.05) is 6.07 Å². The molecule has 0 aromatic heterocycles. The van der Waals surface area contributed by atoms with E-state index in [0.29, 0.717) is 5.92 Å². The van der Waals surface area contributed by atoms with Crippen molar-refractivity contribution in [3.63, 3.8) is 0 Å². The first kappa shape index (κ1) is 14.8. The molecule has 19 heavy (non-hydrogen) atoms. The normalized spacial score (nSPS) is 12.7. The zero-order valence-corrected chi connectivity index (χ0v) is 14.2. The monoisotopic (exact) mass is 381 g/mol. The van der Waals surface area contributed by atoms with Crippen LogP contribution in [-0.2, 0) is 0 Å². The summed E-state index contributed by atoms with van der Waals surface area (Å²) in [4.78, 5) is 0. The summed E-state index contributed by atoms with van der Waals surface area (Å²) in [5, 5.41) is 0. The van der Waals surface area contributed by atoms with Crippen LogP contribution in [0.25, 0.3) is 0 Å². The van der Waals surface area contributed by atoms with Crippen molar-refractivity contribution in [3.05, 3.63) is 68.1 Å². The quantitative estimate of drug-likeness (QED) is 0.757. The second-order valence-electron chi connectivity index (χ2n) is 5.00. The summed E-state index contributed by atoms with van der Waals surface area (Å²) in [6, 6.07) is 14.6. The lowest BCUT2D eigenvalue weighted by Gasteiger charge is -2.15. The molecule has 0 aliphatic carbocycles. The maximum absolute atomic E-state index is 6.34. The number of nitrogens with two attached hydrogens (primary N) is 1. The van der Waals surface area contributed by atoms with Crippen molar-refractivity contribution in [2.24, 2.45) is 5.73 Å². The molecule has 0 fully saturated rings. The highest BCUT2D eigenvalue weighted by atomic mass is 79.9. The van der Waals surface area contributed by atoms with E-state index in [2.05, 4.69) is 82.1 Å². The molecule has 0 aliphatic rings. The second kappa shape index (κ2) is 6.21. The van der Waals surface area contributed by atoms with Crippen molar-refractivity contribution in [1.29, 1.82) is 0 Å². The highest BCUT2D eigenvalue weighted by molar-refractivity contribution is 9.11. The van der Waals surface area contributed by atoms with Crippen LogP contribution in [0.15, 0.2) is 51.4 Å². The van der Waals surface area contributed by atoms with Gasteiger partial charge in [-0.25, -0.2) is 0 Å².